The van der Waals surface area contributed by atoms with Crippen LogP contribution in [0.2, 0.25) is 0 Å². The first-order chi connectivity index (χ1) is 12.9. The lowest BCUT2D eigenvalue weighted by Gasteiger charge is -2.31. The SMILES string of the molecule is CCc1cnc(CCNC(=NC)NCC(C)(C)NC(C)c2ccccc2)s1. The van der Waals surface area contributed by atoms with Crippen LogP contribution in [0, 0.1) is 0 Å². The van der Waals surface area contributed by atoms with Crippen LogP contribution < -0.4 is 16.0 Å². The Hall–Kier alpha value is -1.92. The van der Waals surface area contributed by atoms with Crippen molar-refractivity contribution in [2.75, 3.05) is 20.1 Å². The summed E-state index contributed by atoms with van der Waals surface area (Å²) in [5.74, 6) is 0.824. The van der Waals surface area contributed by atoms with Gasteiger partial charge < -0.3 is 16.0 Å². The quantitative estimate of drug-likeness (QED) is 0.455. The van der Waals surface area contributed by atoms with E-state index in [1.54, 1.807) is 18.4 Å². The molecule has 0 aliphatic rings. The number of thiazole rings is 1. The lowest BCUT2D eigenvalue weighted by atomic mass is 10.0. The van der Waals surface area contributed by atoms with Gasteiger partial charge in [-0.15, -0.1) is 11.3 Å². The average Bonchev–Trinajstić information content (AvgIpc) is 3.13. The molecule has 1 atom stereocenters. The van der Waals surface area contributed by atoms with Crippen molar-refractivity contribution >= 4 is 17.3 Å². The van der Waals surface area contributed by atoms with Gasteiger partial charge in [-0.2, -0.15) is 0 Å². The summed E-state index contributed by atoms with van der Waals surface area (Å²) >= 11 is 1.79. The number of aromatic nitrogens is 1. The predicted octanol–water partition coefficient (Wildman–Crippen LogP) is 3.54. The maximum absolute atomic E-state index is 4.46. The largest absolute Gasteiger partial charge is 0.356 e. The molecule has 0 radical (unpaired) electrons. The Labute approximate surface area is 167 Å². The Bertz CT molecular complexity index is 708. The van der Waals surface area contributed by atoms with Crippen LogP contribution in [0.1, 0.15) is 49.2 Å². The normalized spacial score (nSPS) is 13.4. The summed E-state index contributed by atoms with van der Waals surface area (Å²) < 4.78 is 0. The molecule has 2 rings (SSSR count). The van der Waals surface area contributed by atoms with E-state index in [0.717, 1.165) is 31.9 Å². The van der Waals surface area contributed by atoms with E-state index >= 15 is 0 Å². The Morgan fingerprint density at radius 1 is 1.22 bits per heavy atom. The molecule has 0 aliphatic carbocycles. The molecule has 148 valence electrons. The van der Waals surface area contributed by atoms with Crippen LogP contribution in [0.3, 0.4) is 0 Å². The number of hydrogen-bond acceptors (Lipinski definition) is 4. The molecule has 0 fully saturated rings. The van der Waals surface area contributed by atoms with E-state index in [1.165, 1.54) is 15.4 Å². The molecular formula is C21H33N5S. The van der Waals surface area contributed by atoms with Crippen LogP contribution in [-0.2, 0) is 12.8 Å². The fourth-order valence-corrected chi connectivity index (χ4v) is 3.76. The van der Waals surface area contributed by atoms with E-state index in [4.69, 9.17) is 0 Å². The Morgan fingerprint density at radius 2 is 1.96 bits per heavy atom. The van der Waals surface area contributed by atoms with Gasteiger partial charge in [0, 0.05) is 49.2 Å². The molecule has 3 N–H and O–H groups in total. The first kappa shape index (κ1) is 21.4. The molecule has 0 amide bonds. The lowest BCUT2D eigenvalue weighted by Crippen LogP contribution is -2.52. The van der Waals surface area contributed by atoms with Gasteiger partial charge in [0.25, 0.3) is 0 Å². The maximum Gasteiger partial charge on any atom is 0.191 e. The molecule has 1 unspecified atom stereocenters. The Morgan fingerprint density at radius 3 is 2.59 bits per heavy atom. The van der Waals surface area contributed by atoms with Gasteiger partial charge in [-0.1, -0.05) is 37.3 Å². The minimum Gasteiger partial charge on any atom is -0.356 e. The summed E-state index contributed by atoms with van der Waals surface area (Å²) in [7, 11) is 1.81. The maximum atomic E-state index is 4.46. The highest BCUT2D eigenvalue weighted by atomic mass is 32.1. The summed E-state index contributed by atoms with van der Waals surface area (Å²) in [4.78, 5) is 10.1. The van der Waals surface area contributed by atoms with Crippen molar-refractivity contribution in [2.24, 2.45) is 4.99 Å². The third-order valence-electron chi connectivity index (χ3n) is 4.41. The van der Waals surface area contributed by atoms with Gasteiger partial charge in [-0.3, -0.25) is 4.99 Å². The first-order valence-electron chi connectivity index (χ1n) is 9.64. The van der Waals surface area contributed by atoms with E-state index in [2.05, 4.69) is 77.9 Å². The second kappa shape index (κ2) is 10.4. The summed E-state index contributed by atoms with van der Waals surface area (Å²) in [6.07, 6.45) is 3.95. The molecule has 2 aromatic rings. The van der Waals surface area contributed by atoms with Crippen LogP contribution in [0.25, 0.3) is 0 Å². The smallest absolute Gasteiger partial charge is 0.191 e. The molecule has 27 heavy (non-hydrogen) atoms. The van der Waals surface area contributed by atoms with Gasteiger partial charge in [0.2, 0.25) is 0 Å². The molecule has 0 bridgehead atoms. The minimum atomic E-state index is -0.0712. The molecular weight excluding hydrogens is 354 g/mol. The van der Waals surface area contributed by atoms with E-state index in [0.29, 0.717) is 0 Å². The van der Waals surface area contributed by atoms with E-state index in [1.807, 2.05) is 12.3 Å². The van der Waals surface area contributed by atoms with Crippen molar-refractivity contribution in [3.8, 4) is 0 Å². The zero-order valence-corrected chi connectivity index (χ0v) is 18.0. The van der Waals surface area contributed by atoms with Gasteiger partial charge >= 0.3 is 0 Å². The molecule has 1 aromatic heterocycles. The number of aliphatic imine (C=N–C) groups is 1. The molecule has 1 aromatic carbocycles. The summed E-state index contributed by atoms with van der Waals surface area (Å²) in [5.41, 5.74) is 1.22. The molecule has 0 saturated carbocycles. The highest BCUT2D eigenvalue weighted by Gasteiger charge is 2.21. The first-order valence-corrected chi connectivity index (χ1v) is 10.5. The van der Waals surface area contributed by atoms with Gasteiger partial charge in [-0.05, 0) is 32.8 Å². The third kappa shape index (κ3) is 7.31. The van der Waals surface area contributed by atoms with Crippen LogP contribution >= 0.6 is 11.3 Å². The van der Waals surface area contributed by atoms with Crippen molar-refractivity contribution in [1.29, 1.82) is 0 Å². The Kier molecular flexibility index (Phi) is 8.25. The zero-order valence-electron chi connectivity index (χ0n) is 17.2. The number of aryl methyl sites for hydroxylation is 1. The van der Waals surface area contributed by atoms with Crippen molar-refractivity contribution in [2.45, 2.75) is 52.1 Å². The standard InChI is InChI=1S/C21H33N5S/c1-6-18-14-24-19(27-18)12-13-23-20(22-5)25-15-21(3,4)26-16(2)17-10-8-7-9-11-17/h7-11,14,16,26H,6,12-13,15H2,1-5H3,(H2,22,23,25). The highest BCUT2D eigenvalue weighted by Crippen LogP contribution is 2.16. The molecule has 0 aliphatic heterocycles. The second-order valence-electron chi connectivity index (χ2n) is 7.34. The third-order valence-corrected chi connectivity index (χ3v) is 5.61. The fourth-order valence-electron chi connectivity index (χ4n) is 2.90. The van der Waals surface area contributed by atoms with Gasteiger partial charge in [0.05, 0.1) is 5.01 Å². The van der Waals surface area contributed by atoms with Gasteiger partial charge in [-0.25, -0.2) is 4.98 Å². The van der Waals surface area contributed by atoms with Crippen LogP contribution in [0.5, 0.6) is 0 Å². The summed E-state index contributed by atoms with van der Waals surface area (Å²) in [6.45, 7) is 10.4. The number of rotatable bonds is 9. The topological polar surface area (TPSA) is 61.3 Å². The number of nitrogens with one attached hydrogen (secondary N) is 3. The molecule has 0 saturated heterocycles. The molecule has 0 spiro atoms. The second-order valence-corrected chi connectivity index (χ2v) is 8.54. The van der Waals surface area contributed by atoms with Crippen LogP contribution in [0.4, 0.5) is 0 Å². The Balaban J connectivity index is 1.76. The average molecular weight is 388 g/mol. The fraction of sp³-hybridized carbons (Fsp3) is 0.524. The van der Waals surface area contributed by atoms with Crippen LogP contribution in [0.15, 0.2) is 41.5 Å². The molecule has 6 heteroatoms. The summed E-state index contributed by atoms with van der Waals surface area (Å²) in [6, 6.07) is 10.8. The van der Waals surface area contributed by atoms with E-state index < -0.39 is 0 Å². The van der Waals surface area contributed by atoms with Gasteiger partial charge in [0.1, 0.15) is 0 Å². The van der Waals surface area contributed by atoms with Crippen molar-refractivity contribution in [3.05, 3.63) is 52.0 Å². The van der Waals surface area contributed by atoms with E-state index in [9.17, 15) is 0 Å². The monoisotopic (exact) mass is 387 g/mol. The highest BCUT2D eigenvalue weighted by molar-refractivity contribution is 7.11. The van der Waals surface area contributed by atoms with Crippen LogP contribution in [-0.4, -0.2) is 36.6 Å². The predicted molar refractivity (Wildman–Crippen MR) is 117 cm³/mol. The van der Waals surface area contributed by atoms with Crippen molar-refractivity contribution in [3.63, 3.8) is 0 Å². The lowest BCUT2D eigenvalue weighted by molar-refractivity contribution is 0.345. The van der Waals surface area contributed by atoms with Crippen molar-refractivity contribution < 1.29 is 0 Å². The summed E-state index contributed by atoms with van der Waals surface area (Å²) in [5, 5.41) is 11.7. The number of guanidine groups is 1. The van der Waals surface area contributed by atoms with Gasteiger partial charge in [0.15, 0.2) is 5.96 Å². The van der Waals surface area contributed by atoms with Crippen molar-refractivity contribution in [1.82, 2.24) is 20.9 Å². The molecule has 1 heterocycles. The number of hydrogen-bond donors (Lipinski definition) is 3. The zero-order chi connectivity index (χ0) is 19.7. The minimum absolute atomic E-state index is 0.0712. The number of nitrogens with zero attached hydrogens (tertiary/aromatic N) is 2. The molecule has 5 nitrogen and oxygen atoms in total. The number of benzene rings is 1. The van der Waals surface area contributed by atoms with E-state index in [-0.39, 0.29) is 11.6 Å².